The van der Waals surface area contributed by atoms with E-state index in [2.05, 4.69) is 35.1 Å². The molecular formula is C19H25N3OS. The Kier molecular flexibility index (Phi) is 5.74. The summed E-state index contributed by atoms with van der Waals surface area (Å²) in [6, 6.07) is 11.0. The van der Waals surface area contributed by atoms with Crippen LogP contribution in [0.25, 0.3) is 10.9 Å². The second kappa shape index (κ2) is 7.99. The number of piperidine rings is 1. The molecule has 0 spiro atoms. The molecular weight excluding hydrogens is 318 g/mol. The highest BCUT2D eigenvalue weighted by Crippen LogP contribution is 2.26. The van der Waals surface area contributed by atoms with Crippen LogP contribution in [0.3, 0.4) is 0 Å². The Labute approximate surface area is 148 Å². The van der Waals surface area contributed by atoms with Crippen LogP contribution in [0.4, 0.5) is 0 Å². The van der Waals surface area contributed by atoms with E-state index in [9.17, 15) is 4.79 Å². The molecule has 0 saturated carbocycles. The van der Waals surface area contributed by atoms with Crippen LogP contribution in [0.1, 0.15) is 26.7 Å². The highest BCUT2D eigenvalue weighted by atomic mass is 32.2. The minimum absolute atomic E-state index is 0.129. The van der Waals surface area contributed by atoms with Gasteiger partial charge in [-0.2, -0.15) is 0 Å². The van der Waals surface area contributed by atoms with Gasteiger partial charge in [0.05, 0.1) is 11.3 Å². The smallest absolute Gasteiger partial charge is 0.230 e. The number of likely N-dealkylation sites (tertiary alicyclic amines) is 1. The number of hydrogen-bond donors (Lipinski definition) is 1. The van der Waals surface area contributed by atoms with Gasteiger partial charge in [-0.3, -0.25) is 9.78 Å². The van der Waals surface area contributed by atoms with Gasteiger partial charge in [0.25, 0.3) is 0 Å². The van der Waals surface area contributed by atoms with Crippen LogP contribution in [-0.2, 0) is 4.79 Å². The van der Waals surface area contributed by atoms with Gasteiger partial charge >= 0.3 is 0 Å². The van der Waals surface area contributed by atoms with Crippen molar-refractivity contribution in [2.75, 3.05) is 18.8 Å². The van der Waals surface area contributed by atoms with Crippen molar-refractivity contribution in [3.05, 3.63) is 36.5 Å². The first-order valence-electron chi connectivity index (χ1n) is 8.63. The van der Waals surface area contributed by atoms with Crippen LogP contribution >= 0.6 is 11.8 Å². The van der Waals surface area contributed by atoms with E-state index in [0.29, 0.717) is 17.8 Å². The Balaban J connectivity index is 1.51. The first-order valence-corrected chi connectivity index (χ1v) is 9.62. The molecule has 0 atom stereocenters. The lowest BCUT2D eigenvalue weighted by Crippen LogP contribution is -2.47. The summed E-state index contributed by atoms with van der Waals surface area (Å²) in [7, 11) is 0. The van der Waals surface area contributed by atoms with E-state index in [0.717, 1.165) is 41.7 Å². The van der Waals surface area contributed by atoms with Gasteiger partial charge in [0.2, 0.25) is 5.91 Å². The van der Waals surface area contributed by atoms with Crippen molar-refractivity contribution in [1.29, 1.82) is 0 Å². The zero-order chi connectivity index (χ0) is 16.9. The molecule has 5 heteroatoms. The number of hydrogen-bond acceptors (Lipinski definition) is 4. The Hall–Kier alpha value is -1.59. The summed E-state index contributed by atoms with van der Waals surface area (Å²) in [6.07, 6.45) is 3.91. The number of nitrogens with zero attached hydrogens (tertiary/aromatic N) is 2. The van der Waals surface area contributed by atoms with E-state index in [1.54, 1.807) is 11.8 Å². The molecule has 0 radical (unpaired) electrons. The predicted octanol–water partition coefficient (Wildman–Crippen LogP) is 3.32. The van der Waals surface area contributed by atoms with Crippen LogP contribution in [0.5, 0.6) is 0 Å². The SMILES string of the molecule is CC(C)N1CCC(NC(=O)CSc2ccnc3ccccc23)CC1. The summed E-state index contributed by atoms with van der Waals surface area (Å²) in [5.41, 5.74) is 0.976. The largest absolute Gasteiger partial charge is 0.353 e. The zero-order valence-corrected chi connectivity index (χ0v) is 15.2. The van der Waals surface area contributed by atoms with Crippen molar-refractivity contribution in [2.24, 2.45) is 0 Å². The number of carbonyl (C=O) groups is 1. The number of thioether (sulfide) groups is 1. The van der Waals surface area contributed by atoms with E-state index in [1.807, 2.05) is 30.5 Å². The average Bonchev–Trinajstić information content (AvgIpc) is 2.60. The predicted molar refractivity (Wildman–Crippen MR) is 100 cm³/mol. The number of para-hydroxylation sites is 1. The van der Waals surface area contributed by atoms with E-state index < -0.39 is 0 Å². The van der Waals surface area contributed by atoms with E-state index in [-0.39, 0.29) is 5.91 Å². The molecule has 0 bridgehead atoms. The molecule has 2 heterocycles. The fraction of sp³-hybridized carbons (Fsp3) is 0.474. The van der Waals surface area contributed by atoms with Crippen LogP contribution in [0, 0.1) is 0 Å². The molecule has 3 rings (SSSR count). The van der Waals surface area contributed by atoms with Gasteiger partial charge < -0.3 is 10.2 Å². The summed E-state index contributed by atoms with van der Waals surface area (Å²) in [6.45, 7) is 6.61. The highest BCUT2D eigenvalue weighted by Gasteiger charge is 2.22. The molecule has 128 valence electrons. The number of aromatic nitrogens is 1. The van der Waals surface area contributed by atoms with Crippen LogP contribution in [0.2, 0.25) is 0 Å². The van der Waals surface area contributed by atoms with Gasteiger partial charge in [-0.15, -0.1) is 11.8 Å². The Morgan fingerprint density at radius 3 is 2.79 bits per heavy atom. The second-order valence-corrected chi connectivity index (χ2v) is 7.60. The summed E-state index contributed by atoms with van der Waals surface area (Å²) in [5.74, 6) is 0.585. The fourth-order valence-corrected chi connectivity index (χ4v) is 4.02. The third-order valence-corrected chi connectivity index (χ3v) is 5.67. The molecule has 1 amide bonds. The molecule has 2 aromatic rings. The van der Waals surface area contributed by atoms with Crippen LogP contribution in [-0.4, -0.2) is 46.7 Å². The Morgan fingerprint density at radius 1 is 1.29 bits per heavy atom. The maximum absolute atomic E-state index is 12.3. The summed E-state index contributed by atoms with van der Waals surface area (Å²) >= 11 is 1.59. The number of fused-ring (bicyclic) bond motifs is 1. The molecule has 24 heavy (non-hydrogen) atoms. The number of benzene rings is 1. The lowest BCUT2D eigenvalue weighted by molar-refractivity contribution is -0.119. The van der Waals surface area contributed by atoms with Crippen molar-refractivity contribution in [1.82, 2.24) is 15.2 Å². The van der Waals surface area contributed by atoms with Gasteiger partial charge in [0.1, 0.15) is 0 Å². The fourth-order valence-electron chi connectivity index (χ4n) is 3.17. The average molecular weight is 343 g/mol. The number of nitrogens with one attached hydrogen (secondary N) is 1. The summed E-state index contributed by atoms with van der Waals surface area (Å²) in [5, 5.41) is 4.31. The van der Waals surface area contributed by atoms with Gasteiger partial charge in [0, 0.05) is 41.7 Å². The molecule has 1 N–H and O–H groups in total. The van der Waals surface area contributed by atoms with Gasteiger partial charge in [-0.25, -0.2) is 0 Å². The second-order valence-electron chi connectivity index (χ2n) is 6.59. The molecule has 1 aromatic carbocycles. The van der Waals surface area contributed by atoms with E-state index in [1.165, 1.54) is 0 Å². The van der Waals surface area contributed by atoms with Crippen molar-refractivity contribution in [3.8, 4) is 0 Å². The van der Waals surface area contributed by atoms with Crippen molar-refractivity contribution < 1.29 is 4.79 Å². The van der Waals surface area contributed by atoms with Gasteiger partial charge in [-0.05, 0) is 38.8 Å². The van der Waals surface area contributed by atoms with Crippen molar-refractivity contribution >= 4 is 28.6 Å². The van der Waals surface area contributed by atoms with Crippen molar-refractivity contribution in [2.45, 2.75) is 43.7 Å². The molecule has 0 unspecified atom stereocenters. The lowest BCUT2D eigenvalue weighted by atomic mass is 10.0. The third-order valence-electron chi connectivity index (χ3n) is 4.59. The number of pyridine rings is 1. The standard InChI is InChI=1S/C19H25N3OS/c1-14(2)22-11-8-15(9-12-22)21-19(23)13-24-18-7-10-20-17-6-4-3-5-16(17)18/h3-7,10,14-15H,8-9,11-13H2,1-2H3,(H,21,23). The lowest BCUT2D eigenvalue weighted by Gasteiger charge is -2.34. The van der Waals surface area contributed by atoms with E-state index >= 15 is 0 Å². The molecule has 4 nitrogen and oxygen atoms in total. The Morgan fingerprint density at radius 2 is 2.04 bits per heavy atom. The maximum Gasteiger partial charge on any atom is 0.230 e. The normalized spacial score (nSPS) is 16.6. The topological polar surface area (TPSA) is 45.2 Å². The monoisotopic (exact) mass is 343 g/mol. The molecule has 1 aliphatic rings. The number of rotatable bonds is 5. The number of amides is 1. The zero-order valence-electron chi connectivity index (χ0n) is 14.4. The van der Waals surface area contributed by atoms with Crippen LogP contribution in [0.15, 0.2) is 41.4 Å². The molecule has 0 aliphatic carbocycles. The highest BCUT2D eigenvalue weighted by molar-refractivity contribution is 8.00. The minimum atomic E-state index is 0.129. The maximum atomic E-state index is 12.3. The molecule has 1 fully saturated rings. The molecule has 1 aliphatic heterocycles. The van der Waals surface area contributed by atoms with Gasteiger partial charge in [0.15, 0.2) is 0 Å². The summed E-state index contributed by atoms with van der Waals surface area (Å²) < 4.78 is 0. The quantitative estimate of drug-likeness (QED) is 0.846. The molecule has 1 aromatic heterocycles. The van der Waals surface area contributed by atoms with Gasteiger partial charge in [-0.1, -0.05) is 18.2 Å². The first-order chi connectivity index (χ1) is 11.6. The van der Waals surface area contributed by atoms with Crippen molar-refractivity contribution in [3.63, 3.8) is 0 Å². The van der Waals surface area contributed by atoms with E-state index in [4.69, 9.17) is 0 Å². The Bertz CT molecular complexity index is 691. The van der Waals surface area contributed by atoms with Crippen LogP contribution < -0.4 is 5.32 Å². The number of carbonyl (C=O) groups excluding carboxylic acids is 1. The molecule has 1 saturated heterocycles. The minimum Gasteiger partial charge on any atom is -0.353 e. The summed E-state index contributed by atoms with van der Waals surface area (Å²) in [4.78, 5) is 20.2. The third kappa shape index (κ3) is 4.28. The first kappa shape index (κ1) is 17.2.